The van der Waals surface area contributed by atoms with E-state index in [-0.39, 0.29) is 5.54 Å². The maximum atomic E-state index is 6.40. The minimum Gasteiger partial charge on any atom is -0.329 e. The number of hydrogen-bond donors (Lipinski definition) is 1. The molecule has 3 nitrogen and oxygen atoms in total. The molecule has 122 valence electrons. The minimum absolute atomic E-state index is 0.265. The van der Waals surface area contributed by atoms with Gasteiger partial charge in [0.25, 0.3) is 0 Å². The maximum Gasteiger partial charge on any atom is 0.0363 e. The van der Waals surface area contributed by atoms with Crippen LogP contribution in [-0.2, 0) is 0 Å². The Bertz CT molecular complexity index is 358. The van der Waals surface area contributed by atoms with Crippen molar-refractivity contribution >= 4 is 0 Å². The van der Waals surface area contributed by atoms with Gasteiger partial charge in [0.1, 0.15) is 0 Å². The summed E-state index contributed by atoms with van der Waals surface area (Å²) in [5, 5.41) is 0. The molecule has 3 rings (SSSR count). The largest absolute Gasteiger partial charge is 0.329 e. The third-order valence-electron chi connectivity index (χ3n) is 7.08. The molecule has 2 heterocycles. The van der Waals surface area contributed by atoms with E-state index in [4.69, 9.17) is 5.73 Å². The van der Waals surface area contributed by atoms with E-state index in [1.165, 1.54) is 58.2 Å². The molecule has 3 fully saturated rings. The second-order valence-electron chi connectivity index (χ2n) is 8.11. The normalized spacial score (nSPS) is 46.3. The molecule has 0 aromatic heterocycles. The Hall–Kier alpha value is -0.120. The van der Waals surface area contributed by atoms with Crippen molar-refractivity contribution in [1.82, 2.24) is 9.80 Å². The van der Waals surface area contributed by atoms with Gasteiger partial charge in [-0.2, -0.15) is 0 Å². The van der Waals surface area contributed by atoms with E-state index < -0.39 is 0 Å². The number of rotatable bonds is 2. The van der Waals surface area contributed by atoms with Crippen LogP contribution in [0.25, 0.3) is 0 Å². The Morgan fingerprint density at radius 3 is 2.62 bits per heavy atom. The SMILES string of the molecule is CC1CCCC(CN)(N2CC3CCCCN3CC2C)C1C. The highest BCUT2D eigenvalue weighted by atomic mass is 15.3. The molecule has 5 unspecified atom stereocenters. The molecule has 0 aromatic carbocycles. The van der Waals surface area contributed by atoms with Gasteiger partial charge in [-0.1, -0.05) is 33.1 Å². The van der Waals surface area contributed by atoms with Gasteiger partial charge in [0.05, 0.1) is 0 Å². The summed E-state index contributed by atoms with van der Waals surface area (Å²) in [7, 11) is 0. The molecule has 1 aliphatic carbocycles. The first kappa shape index (κ1) is 15.8. The second kappa shape index (κ2) is 6.17. The molecular formula is C18H35N3. The zero-order valence-electron chi connectivity index (χ0n) is 14.4. The number of piperazine rings is 1. The Morgan fingerprint density at radius 2 is 1.86 bits per heavy atom. The zero-order chi connectivity index (χ0) is 15.0. The van der Waals surface area contributed by atoms with Crippen molar-refractivity contribution in [2.45, 2.75) is 76.9 Å². The number of nitrogens with two attached hydrogens (primary N) is 1. The standard InChI is InChI=1S/C18H35N3/c1-14-7-6-9-18(13-19,16(14)3)21-12-17-8-4-5-10-20(17)11-15(21)2/h14-17H,4-13,19H2,1-3H3. The number of piperidine rings is 1. The highest BCUT2D eigenvalue weighted by Crippen LogP contribution is 2.43. The fourth-order valence-corrected chi connectivity index (χ4v) is 5.52. The van der Waals surface area contributed by atoms with Gasteiger partial charge in [0.2, 0.25) is 0 Å². The van der Waals surface area contributed by atoms with Crippen LogP contribution < -0.4 is 5.73 Å². The maximum absolute atomic E-state index is 6.40. The third kappa shape index (κ3) is 2.66. The van der Waals surface area contributed by atoms with Crippen LogP contribution in [0.2, 0.25) is 0 Å². The quantitative estimate of drug-likeness (QED) is 0.849. The molecule has 2 saturated heterocycles. The van der Waals surface area contributed by atoms with Crippen LogP contribution in [0, 0.1) is 11.8 Å². The van der Waals surface area contributed by atoms with Crippen molar-refractivity contribution < 1.29 is 0 Å². The number of nitrogens with zero attached hydrogens (tertiary/aromatic N) is 2. The molecule has 2 N–H and O–H groups in total. The lowest BCUT2D eigenvalue weighted by Gasteiger charge is -2.59. The summed E-state index contributed by atoms with van der Waals surface area (Å²) in [6.45, 7) is 12.0. The first-order chi connectivity index (χ1) is 10.1. The van der Waals surface area contributed by atoms with Gasteiger partial charge in [0.15, 0.2) is 0 Å². The van der Waals surface area contributed by atoms with E-state index in [0.29, 0.717) is 6.04 Å². The Kier molecular flexibility index (Phi) is 4.63. The highest BCUT2D eigenvalue weighted by Gasteiger charge is 2.49. The monoisotopic (exact) mass is 293 g/mol. The average molecular weight is 293 g/mol. The molecule has 1 saturated carbocycles. The molecule has 5 atom stereocenters. The molecule has 21 heavy (non-hydrogen) atoms. The number of hydrogen-bond acceptors (Lipinski definition) is 3. The summed E-state index contributed by atoms with van der Waals surface area (Å²) in [6.07, 6.45) is 8.28. The predicted molar refractivity (Wildman–Crippen MR) is 89.3 cm³/mol. The molecule has 0 radical (unpaired) electrons. The first-order valence-electron chi connectivity index (χ1n) is 9.29. The van der Waals surface area contributed by atoms with Crippen LogP contribution in [-0.4, -0.2) is 53.6 Å². The van der Waals surface area contributed by atoms with Crippen LogP contribution in [0.1, 0.15) is 59.3 Å². The van der Waals surface area contributed by atoms with Crippen molar-refractivity contribution in [3.63, 3.8) is 0 Å². The van der Waals surface area contributed by atoms with Crippen molar-refractivity contribution in [2.75, 3.05) is 26.2 Å². The van der Waals surface area contributed by atoms with Crippen LogP contribution in [0.3, 0.4) is 0 Å². The topological polar surface area (TPSA) is 32.5 Å². The van der Waals surface area contributed by atoms with E-state index in [9.17, 15) is 0 Å². The van der Waals surface area contributed by atoms with Crippen LogP contribution >= 0.6 is 0 Å². The van der Waals surface area contributed by atoms with Crippen molar-refractivity contribution in [3.05, 3.63) is 0 Å². The summed E-state index contributed by atoms with van der Waals surface area (Å²) < 4.78 is 0. The summed E-state index contributed by atoms with van der Waals surface area (Å²) in [5.74, 6) is 1.55. The lowest BCUT2D eigenvalue weighted by molar-refractivity contribution is -0.0891. The van der Waals surface area contributed by atoms with E-state index in [1.54, 1.807) is 0 Å². The molecule has 3 heteroatoms. The molecule has 2 aliphatic heterocycles. The Balaban J connectivity index is 1.82. The van der Waals surface area contributed by atoms with Crippen LogP contribution in [0.4, 0.5) is 0 Å². The van der Waals surface area contributed by atoms with Gasteiger partial charge in [-0.05, 0) is 44.6 Å². The van der Waals surface area contributed by atoms with Gasteiger partial charge < -0.3 is 5.73 Å². The van der Waals surface area contributed by atoms with Crippen LogP contribution in [0.15, 0.2) is 0 Å². The van der Waals surface area contributed by atoms with E-state index in [1.807, 2.05) is 0 Å². The van der Waals surface area contributed by atoms with Gasteiger partial charge in [0, 0.05) is 37.3 Å². The fourth-order valence-electron chi connectivity index (χ4n) is 5.52. The van der Waals surface area contributed by atoms with Crippen LogP contribution in [0.5, 0.6) is 0 Å². The lowest BCUT2D eigenvalue weighted by Crippen LogP contribution is -2.70. The van der Waals surface area contributed by atoms with Crippen molar-refractivity contribution in [1.29, 1.82) is 0 Å². The molecule has 0 aromatic rings. The zero-order valence-corrected chi connectivity index (χ0v) is 14.4. The molecule has 3 aliphatic rings. The molecule has 0 amide bonds. The first-order valence-corrected chi connectivity index (χ1v) is 9.29. The minimum atomic E-state index is 0.265. The highest BCUT2D eigenvalue weighted by molar-refractivity contribution is 5.05. The van der Waals surface area contributed by atoms with Gasteiger partial charge in [-0.3, -0.25) is 9.80 Å². The van der Waals surface area contributed by atoms with E-state index in [0.717, 1.165) is 24.4 Å². The van der Waals surface area contributed by atoms with Crippen molar-refractivity contribution in [3.8, 4) is 0 Å². The van der Waals surface area contributed by atoms with Gasteiger partial charge in [-0.15, -0.1) is 0 Å². The Morgan fingerprint density at radius 1 is 1.05 bits per heavy atom. The fraction of sp³-hybridized carbons (Fsp3) is 1.00. The summed E-state index contributed by atoms with van der Waals surface area (Å²) in [5.41, 5.74) is 6.66. The average Bonchev–Trinajstić information content (AvgIpc) is 2.50. The van der Waals surface area contributed by atoms with E-state index in [2.05, 4.69) is 30.6 Å². The molecule has 0 bridgehead atoms. The molecule has 0 spiro atoms. The summed E-state index contributed by atoms with van der Waals surface area (Å²) >= 11 is 0. The smallest absolute Gasteiger partial charge is 0.0363 e. The molecular weight excluding hydrogens is 258 g/mol. The van der Waals surface area contributed by atoms with Crippen molar-refractivity contribution in [2.24, 2.45) is 17.6 Å². The third-order valence-corrected chi connectivity index (χ3v) is 7.08. The summed E-state index contributed by atoms with van der Waals surface area (Å²) in [4.78, 5) is 5.60. The number of fused-ring (bicyclic) bond motifs is 1. The summed E-state index contributed by atoms with van der Waals surface area (Å²) in [6, 6.07) is 1.46. The Labute approximate surface area is 131 Å². The predicted octanol–water partition coefficient (Wildman–Crippen LogP) is 2.70. The second-order valence-corrected chi connectivity index (χ2v) is 8.11. The lowest BCUT2D eigenvalue weighted by atomic mass is 9.66. The van der Waals surface area contributed by atoms with E-state index >= 15 is 0 Å². The van der Waals surface area contributed by atoms with Gasteiger partial charge >= 0.3 is 0 Å². The van der Waals surface area contributed by atoms with Gasteiger partial charge in [-0.25, -0.2) is 0 Å².